The zero-order chi connectivity index (χ0) is 16.6. The summed E-state index contributed by atoms with van der Waals surface area (Å²) in [5.41, 5.74) is 3.76. The minimum atomic E-state index is -0.406. The average molecular weight is 349 g/mol. The minimum Gasteiger partial charge on any atom is -0.464 e. The number of hydrogen-bond acceptors (Lipinski definition) is 3. The first-order valence-corrected chi connectivity index (χ1v) is 7.82. The summed E-state index contributed by atoms with van der Waals surface area (Å²) in [6.07, 6.45) is 1.71. The molecule has 1 heterocycles. The van der Waals surface area contributed by atoms with E-state index in [1.54, 1.807) is 18.4 Å². The van der Waals surface area contributed by atoms with Crippen molar-refractivity contribution in [2.75, 3.05) is 0 Å². The van der Waals surface area contributed by atoms with Gasteiger partial charge in [-0.15, -0.1) is 0 Å². The summed E-state index contributed by atoms with van der Waals surface area (Å²) < 4.78 is 10.9. The number of carbonyl (C=O) groups excluding carboxylic acids is 1. The van der Waals surface area contributed by atoms with Gasteiger partial charge < -0.3 is 9.15 Å². The maximum absolute atomic E-state index is 12.2. The Kier molecular flexibility index (Phi) is 4.33. The van der Waals surface area contributed by atoms with Crippen molar-refractivity contribution >= 4 is 40.1 Å². The molecular weight excluding hydrogens is 335 g/mol. The first kappa shape index (κ1) is 15.9. The average Bonchev–Trinajstić information content (AvgIpc) is 2.85. The van der Waals surface area contributed by atoms with Crippen LogP contribution in [0.15, 0.2) is 41.0 Å². The fraction of sp³-hybridized carbons (Fsp3) is 0.167. The van der Waals surface area contributed by atoms with E-state index in [-0.39, 0.29) is 6.42 Å². The summed E-state index contributed by atoms with van der Waals surface area (Å²) in [6, 6.07) is 8.74. The van der Waals surface area contributed by atoms with E-state index in [4.69, 9.17) is 32.4 Å². The number of fused-ring (bicyclic) bond motifs is 1. The van der Waals surface area contributed by atoms with E-state index >= 15 is 0 Å². The summed E-state index contributed by atoms with van der Waals surface area (Å²) in [6.45, 7) is 4.00. The van der Waals surface area contributed by atoms with Crippen LogP contribution in [0.1, 0.15) is 16.7 Å². The van der Waals surface area contributed by atoms with Crippen molar-refractivity contribution in [1.82, 2.24) is 0 Å². The van der Waals surface area contributed by atoms with Crippen LogP contribution in [-0.2, 0) is 11.2 Å². The summed E-state index contributed by atoms with van der Waals surface area (Å²) in [4.78, 5) is 12.2. The fourth-order valence-electron chi connectivity index (χ4n) is 2.63. The molecule has 0 amide bonds. The number of rotatable bonds is 3. The zero-order valence-electron chi connectivity index (χ0n) is 12.7. The number of ether oxygens (including phenoxy) is 1. The van der Waals surface area contributed by atoms with Gasteiger partial charge in [-0.2, -0.15) is 0 Å². The maximum atomic E-state index is 12.2. The molecule has 3 rings (SSSR count). The van der Waals surface area contributed by atoms with Crippen molar-refractivity contribution in [3.8, 4) is 5.75 Å². The SMILES string of the molecule is Cc1cc(C)c2c(CC(=O)Oc3ccc(Cl)cc3Cl)coc2c1. The Morgan fingerprint density at radius 1 is 1.17 bits per heavy atom. The van der Waals surface area contributed by atoms with E-state index in [9.17, 15) is 4.79 Å². The fourth-order valence-corrected chi connectivity index (χ4v) is 3.08. The number of furan rings is 1. The van der Waals surface area contributed by atoms with E-state index in [1.807, 2.05) is 19.9 Å². The molecule has 23 heavy (non-hydrogen) atoms. The Bertz CT molecular complexity index is 897. The highest BCUT2D eigenvalue weighted by Gasteiger charge is 2.15. The van der Waals surface area contributed by atoms with Gasteiger partial charge in [0.05, 0.1) is 17.7 Å². The first-order chi connectivity index (χ1) is 10.9. The van der Waals surface area contributed by atoms with Gasteiger partial charge in [0.25, 0.3) is 0 Å². The number of halogens is 2. The van der Waals surface area contributed by atoms with E-state index in [2.05, 4.69) is 6.07 Å². The highest BCUT2D eigenvalue weighted by Crippen LogP contribution is 2.29. The molecule has 1 aromatic heterocycles. The Morgan fingerprint density at radius 2 is 1.96 bits per heavy atom. The molecule has 3 aromatic rings. The van der Waals surface area contributed by atoms with Crippen LogP contribution in [0.2, 0.25) is 10.0 Å². The Hall–Kier alpha value is -1.97. The van der Waals surface area contributed by atoms with Crippen LogP contribution in [0.3, 0.4) is 0 Å². The van der Waals surface area contributed by atoms with Crippen LogP contribution in [0.4, 0.5) is 0 Å². The molecule has 0 atom stereocenters. The van der Waals surface area contributed by atoms with Gasteiger partial charge in [0.2, 0.25) is 0 Å². The quantitative estimate of drug-likeness (QED) is 0.463. The lowest BCUT2D eigenvalue weighted by atomic mass is 10.0. The predicted octanol–water partition coefficient (Wildman–Crippen LogP) is 5.50. The molecule has 2 aromatic carbocycles. The maximum Gasteiger partial charge on any atom is 0.315 e. The molecule has 0 aliphatic rings. The first-order valence-electron chi connectivity index (χ1n) is 7.07. The number of aryl methyl sites for hydroxylation is 2. The third-order valence-corrected chi connectivity index (χ3v) is 4.08. The van der Waals surface area contributed by atoms with Crippen molar-refractivity contribution in [2.45, 2.75) is 20.3 Å². The van der Waals surface area contributed by atoms with Gasteiger partial charge in [-0.1, -0.05) is 29.3 Å². The number of esters is 1. The summed E-state index contributed by atoms with van der Waals surface area (Å²) >= 11 is 11.8. The predicted molar refractivity (Wildman–Crippen MR) is 91.5 cm³/mol. The van der Waals surface area contributed by atoms with Crippen LogP contribution >= 0.6 is 23.2 Å². The molecule has 0 bridgehead atoms. The van der Waals surface area contributed by atoms with Gasteiger partial charge >= 0.3 is 5.97 Å². The highest BCUT2D eigenvalue weighted by atomic mass is 35.5. The van der Waals surface area contributed by atoms with Gasteiger partial charge in [0.15, 0.2) is 0 Å². The molecule has 0 aliphatic carbocycles. The van der Waals surface area contributed by atoms with Gasteiger partial charge in [-0.05, 0) is 49.2 Å². The van der Waals surface area contributed by atoms with Crippen LogP contribution < -0.4 is 4.74 Å². The van der Waals surface area contributed by atoms with Crippen LogP contribution in [0.5, 0.6) is 5.75 Å². The normalized spacial score (nSPS) is 11.0. The molecule has 3 nitrogen and oxygen atoms in total. The van der Waals surface area contributed by atoms with Crippen molar-refractivity contribution < 1.29 is 13.9 Å². The summed E-state index contributed by atoms with van der Waals surface area (Å²) in [7, 11) is 0. The van der Waals surface area contributed by atoms with Crippen molar-refractivity contribution in [1.29, 1.82) is 0 Å². The van der Waals surface area contributed by atoms with Crippen molar-refractivity contribution in [3.63, 3.8) is 0 Å². The molecule has 0 N–H and O–H groups in total. The highest BCUT2D eigenvalue weighted by molar-refractivity contribution is 6.35. The zero-order valence-corrected chi connectivity index (χ0v) is 14.2. The number of carbonyl (C=O) groups is 1. The standard InChI is InChI=1S/C18H14Cl2O3/c1-10-5-11(2)18-12(9-22-16(18)6-10)7-17(21)23-15-4-3-13(19)8-14(15)20/h3-6,8-9H,7H2,1-2H3. The van der Waals surface area contributed by atoms with Gasteiger partial charge in [-0.25, -0.2) is 0 Å². The number of benzene rings is 2. The molecule has 5 heteroatoms. The molecule has 0 spiro atoms. The molecule has 0 radical (unpaired) electrons. The monoisotopic (exact) mass is 348 g/mol. The molecule has 0 saturated heterocycles. The van der Waals surface area contributed by atoms with Crippen molar-refractivity contribution in [3.05, 3.63) is 63.3 Å². The summed E-state index contributed by atoms with van der Waals surface area (Å²) in [5, 5.41) is 1.74. The molecule has 0 aliphatic heterocycles. The number of hydrogen-bond donors (Lipinski definition) is 0. The Balaban J connectivity index is 1.83. The molecule has 0 saturated carbocycles. The summed E-state index contributed by atoms with van der Waals surface area (Å²) in [5.74, 6) is -0.113. The van der Waals surface area contributed by atoms with Crippen LogP contribution in [0, 0.1) is 13.8 Å². The van der Waals surface area contributed by atoms with Crippen LogP contribution in [0.25, 0.3) is 11.0 Å². The molecular formula is C18H14Cl2O3. The third kappa shape index (κ3) is 3.36. The van der Waals surface area contributed by atoms with Crippen molar-refractivity contribution in [2.24, 2.45) is 0 Å². The largest absolute Gasteiger partial charge is 0.464 e. The van der Waals surface area contributed by atoms with Gasteiger partial charge in [0.1, 0.15) is 11.3 Å². The van der Waals surface area contributed by atoms with Gasteiger partial charge in [0, 0.05) is 16.0 Å². The third-order valence-electron chi connectivity index (χ3n) is 3.55. The molecule has 118 valence electrons. The van der Waals surface area contributed by atoms with E-state index in [0.29, 0.717) is 15.8 Å². The smallest absolute Gasteiger partial charge is 0.315 e. The Labute approximate surface area is 143 Å². The Morgan fingerprint density at radius 3 is 2.70 bits per heavy atom. The minimum absolute atomic E-state index is 0.107. The second-order valence-corrected chi connectivity index (χ2v) is 6.29. The van der Waals surface area contributed by atoms with Crippen LogP contribution in [-0.4, -0.2) is 5.97 Å². The topological polar surface area (TPSA) is 39.4 Å². The van der Waals surface area contributed by atoms with Gasteiger partial charge in [-0.3, -0.25) is 4.79 Å². The lowest BCUT2D eigenvalue weighted by Crippen LogP contribution is -2.11. The molecule has 0 fully saturated rings. The lowest BCUT2D eigenvalue weighted by molar-refractivity contribution is -0.133. The lowest BCUT2D eigenvalue weighted by Gasteiger charge is -2.06. The second-order valence-electron chi connectivity index (χ2n) is 5.44. The van der Waals surface area contributed by atoms with E-state index in [0.717, 1.165) is 27.7 Å². The second kappa shape index (κ2) is 6.26. The van der Waals surface area contributed by atoms with E-state index in [1.165, 1.54) is 6.07 Å². The molecule has 0 unspecified atom stereocenters. The van der Waals surface area contributed by atoms with E-state index < -0.39 is 5.97 Å².